The molecule has 0 aliphatic rings. The summed E-state index contributed by atoms with van der Waals surface area (Å²) in [6, 6.07) is 16.8. The van der Waals surface area contributed by atoms with Gasteiger partial charge in [-0.25, -0.2) is 8.42 Å². The second kappa shape index (κ2) is 8.92. The minimum absolute atomic E-state index is 0.0584. The lowest BCUT2D eigenvalue weighted by Gasteiger charge is -2.16. The maximum atomic E-state index is 13.4. The molecule has 0 N–H and O–H groups in total. The summed E-state index contributed by atoms with van der Waals surface area (Å²) in [6.07, 6.45) is 1.39. The van der Waals surface area contributed by atoms with Gasteiger partial charge >= 0.3 is 0 Å². The highest BCUT2D eigenvalue weighted by molar-refractivity contribution is 7.91. The number of fused-ring (bicyclic) bond motifs is 1. The molecule has 6 nitrogen and oxygen atoms in total. The summed E-state index contributed by atoms with van der Waals surface area (Å²) in [6.45, 7) is 2.19. The van der Waals surface area contributed by atoms with Crippen molar-refractivity contribution < 1.29 is 17.9 Å². The molecule has 0 aliphatic heterocycles. The molecule has 0 aliphatic carbocycles. The molecule has 1 heterocycles. The van der Waals surface area contributed by atoms with Crippen LogP contribution in [0.1, 0.15) is 11.1 Å². The summed E-state index contributed by atoms with van der Waals surface area (Å²) in [5, 5.41) is 0.812. The van der Waals surface area contributed by atoms with E-state index in [-0.39, 0.29) is 15.2 Å². The van der Waals surface area contributed by atoms with E-state index in [4.69, 9.17) is 21.1 Å². The number of rotatable bonds is 6. The van der Waals surface area contributed by atoms with Crippen molar-refractivity contribution in [2.45, 2.75) is 23.3 Å². The van der Waals surface area contributed by atoms with E-state index >= 15 is 0 Å². The summed E-state index contributed by atoms with van der Waals surface area (Å²) in [5.41, 5.74) is 1.73. The number of aryl methyl sites for hydroxylation is 1. The highest BCUT2D eigenvalue weighted by Crippen LogP contribution is 2.32. The third-order valence-electron chi connectivity index (χ3n) is 5.44. The Balaban J connectivity index is 2.01. The predicted octanol–water partition coefficient (Wildman–Crippen LogP) is 4.86. The number of aromatic nitrogens is 1. The Morgan fingerprint density at radius 1 is 0.909 bits per heavy atom. The first-order valence-electron chi connectivity index (χ1n) is 10.1. The van der Waals surface area contributed by atoms with E-state index in [9.17, 15) is 13.2 Å². The van der Waals surface area contributed by atoms with E-state index in [0.717, 1.165) is 11.1 Å². The Morgan fingerprint density at radius 2 is 1.52 bits per heavy atom. The number of methoxy groups -OCH3 is 2. The van der Waals surface area contributed by atoms with Gasteiger partial charge < -0.3 is 14.0 Å². The van der Waals surface area contributed by atoms with Crippen LogP contribution in [-0.4, -0.2) is 27.2 Å². The lowest BCUT2D eigenvalue weighted by molar-refractivity contribution is 0.355. The highest BCUT2D eigenvalue weighted by atomic mass is 35.5. The molecule has 4 rings (SSSR count). The van der Waals surface area contributed by atoms with Gasteiger partial charge in [-0.1, -0.05) is 41.4 Å². The van der Waals surface area contributed by atoms with Crippen LogP contribution in [0.15, 0.2) is 81.4 Å². The van der Waals surface area contributed by atoms with E-state index in [2.05, 4.69) is 0 Å². The second-order valence-corrected chi connectivity index (χ2v) is 9.97. The van der Waals surface area contributed by atoms with Gasteiger partial charge in [0.25, 0.3) is 0 Å². The molecule has 0 fully saturated rings. The third-order valence-corrected chi connectivity index (χ3v) is 7.45. The molecule has 0 saturated carbocycles. The van der Waals surface area contributed by atoms with Crippen LogP contribution in [0.3, 0.4) is 0 Å². The Hall–Kier alpha value is -3.29. The summed E-state index contributed by atoms with van der Waals surface area (Å²) >= 11 is 6.01. The van der Waals surface area contributed by atoms with Crippen LogP contribution in [0.4, 0.5) is 0 Å². The molecule has 0 spiro atoms. The molecule has 1 aromatic heterocycles. The predicted molar refractivity (Wildman–Crippen MR) is 128 cm³/mol. The van der Waals surface area contributed by atoms with Crippen molar-refractivity contribution in [3.05, 3.63) is 93.2 Å². The van der Waals surface area contributed by atoms with E-state index in [1.807, 2.05) is 19.1 Å². The van der Waals surface area contributed by atoms with Gasteiger partial charge in [0.1, 0.15) is 4.90 Å². The molecule has 8 heteroatoms. The quantitative estimate of drug-likeness (QED) is 0.391. The van der Waals surface area contributed by atoms with Crippen LogP contribution in [-0.2, 0) is 16.4 Å². The van der Waals surface area contributed by atoms with Gasteiger partial charge in [-0.15, -0.1) is 0 Å². The molecule has 0 radical (unpaired) electrons. The van der Waals surface area contributed by atoms with Gasteiger partial charge in [0, 0.05) is 23.8 Å². The van der Waals surface area contributed by atoms with Crippen molar-refractivity contribution in [3.63, 3.8) is 0 Å². The maximum Gasteiger partial charge on any atom is 0.211 e. The lowest BCUT2D eigenvalue weighted by Crippen LogP contribution is -2.20. The van der Waals surface area contributed by atoms with Gasteiger partial charge in [-0.3, -0.25) is 4.79 Å². The molecule has 33 heavy (non-hydrogen) atoms. The smallest absolute Gasteiger partial charge is 0.211 e. The number of pyridine rings is 1. The van der Waals surface area contributed by atoms with Gasteiger partial charge in [0.15, 0.2) is 11.5 Å². The van der Waals surface area contributed by atoms with Crippen molar-refractivity contribution in [3.8, 4) is 11.5 Å². The summed E-state index contributed by atoms with van der Waals surface area (Å²) in [4.78, 5) is 13.2. The molecule has 0 unspecified atom stereocenters. The zero-order valence-corrected chi connectivity index (χ0v) is 19.9. The van der Waals surface area contributed by atoms with Gasteiger partial charge in [0.2, 0.25) is 15.3 Å². The van der Waals surface area contributed by atoms with Crippen molar-refractivity contribution in [2.24, 2.45) is 0 Å². The number of nitrogens with zero attached hydrogens (tertiary/aromatic N) is 1. The van der Waals surface area contributed by atoms with Gasteiger partial charge in [-0.2, -0.15) is 0 Å². The monoisotopic (exact) mass is 483 g/mol. The highest BCUT2D eigenvalue weighted by Gasteiger charge is 2.25. The lowest BCUT2D eigenvalue weighted by atomic mass is 10.1. The first kappa shape index (κ1) is 22.9. The van der Waals surface area contributed by atoms with E-state index in [0.29, 0.717) is 28.6 Å². The first-order valence-corrected chi connectivity index (χ1v) is 12.0. The average molecular weight is 484 g/mol. The van der Waals surface area contributed by atoms with Crippen LogP contribution >= 0.6 is 11.6 Å². The molecule has 3 aromatic carbocycles. The van der Waals surface area contributed by atoms with Crippen LogP contribution < -0.4 is 14.9 Å². The average Bonchev–Trinajstić information content (AvgIpc) is 2.81. The normalized spacial score (nSPS) is 11.5. The number of hydrogen-bond acceptors (Lipinski definition) is 5. The fourth-order valence-electron chi connectivity index (χ4n) is 3.64. The largest absolute Gasteiger partial charge is 0.493 e. The molecule has 0 bridgehead atoms. The zero-order chi connectivity index (χ0) is 23.8. The Morgan fingerprint density at radius 3 is 2.12 bits per heavy atom. The van der Waals surface area contributed by atoms with Crippen molar-refractivity contribution >= 4 is 32.3 Å². The summed E-state index contributed by atoms with van der Waals surface area (Å²) in [7, 11) is -1.10. The molecule has 0 saturated heterocycles. The fourth-order valence-corrected chi connectivity index (χ4v) is 5.14. The van der Waals surface area contributed by atoms with Gasteiger partial charge in [-0.05, 0) is 42.8 Å². The van der Waals surface area contributed by atoms with Crippen molar-refractivity contribution in [1.82, 2.24) is 4.57 Å². The number of ether oxygens (including phenoxy) is 2. The molecule has 0 amide bonds. The van der Waals surface area contributed by atoms with Crippen LogP contribution in [0, 0.1) is 6.92 Å². The molecule has 0 atom stereocenters. The number of halogens is 1. The first-order chi connectivity index (χ1) is 15.7. The summed E-state index contributed by atoms with van der Waals surface area (Å²) in [5.74, 6) is 0.772. The van der Waals surface area contributed by atoms with Crippen molar-refractivity contribution in [2.75, 3.05) is 14.2 Å². The topological polar surface area (TPSA) is 74.6 Å². The Bertz CT molecular complexity index is 1490. The Labute approximate surface area is 196 Å². The minimum Gasteiger partial charge on any atom is -0.493 e. The van der Waals surface area contributed by atoms with E-state index < -0.39 is 15.3 Å². The molecule has 4 aromatic rings. The second-order valence-electron chi connectivity index (χ2n) is 7.62. The number of hydrogen-bond donors (Lipinski definition) is 0. The van der Waals surface area contributed by atoms with Crippen LogP contribution in [0.5, 0.6) is 11.5 Å². The standard InChI is InChI=1S/C25H22ClNO5S/c1-16-4-10-19(11-5-16)33(29,30)24-15-27(14-17-6-8-18(26)9-7-17)21-13-23(32-3)22(31-2)12-20(21)25(24)28/h4-13,15H,14H2,1-3H3. The van der Waals surface area contributed by atoms with Crippen LogP contribution in [0.2, 0.25) is 5.02 Å². The maximum absolute atomic E-state index is 13.4. The molecular formula is C25H22ClNO5S. The van der Waals surface area contributed by atoms with Crippen LogP contribution in [0.25, 0.3) is 10.9 Å². The SMILES string of the molecule is COc1cc2c(=O)c(S(=O)(=O)c3ccc(C)cc3)cn(Cc3ccc(Cl)cc3)c2cc1OC. The summed E-state index contributed by atoms with van der Waals surface area (Å²) < 4.78 is 39.4. The molecular weight excluding hydrogens is 462 g/mol. The zero-order valence-electron chi connectivity index (χ0n) is 18.3. The molecule has 170 valence electrons. The number of benzene rings is 3. The number of sulfone groups is 1. The fraction of sp³-hybridized carbons (Fsp3) is 0.160. The minimum atomic E-state index is -4.06. The Kier molecular flexibility index (Phi) is 6.19. The third kappa shape index (κ3) is 4.34. The van der Waals surface area contributed by atoms with Crippen molar-refractivity contribution in [1.29, 1.82) is 0 Å². The van der Waals surface area contributed by atoms with E-state index in [1.165, 1.54) is 38.6 Å². The van der Waals surface area contributed by atoms with Gasteiger partial charge in [0.05, 0.1) is 30.0 Å². The van der Waals surface area contributed by atoms with E-state index in [1.54, 1.807) is 34.9 Å².